The van der Waals surface area contributed by atoms with E-state index >= 15 is 0 Å². The van der Waals surface area contributed by atoms with Crippen molar-refractivity contribution in [1.82, 2.24) is 10.0 Å². The van der Waals surface area contributed by atoms with Gasteiger partial charge in [0, 0.05) is 17.0 Å². The van der Waals surface area contributed by atoms with Gasteiger partial charge < -0.3 is 10.2 Å². The number of nitrogens with two attached hydrogens (primary N) is 2. The Morgan fingerprint density at radius 1 is 1.24 bits per heavy atom. The molecule has 1 aromatic heterocycles. The van der Waals surface area contributed by atoms with Crippen LogP contribution in [0, 0.1) is 5.82 Å². The first kappa shape index (κ1) is 24.1. The normalized spacial score (nSPS) is 18.6. The summed E-state index contributed by atoms with van der Waals surface area (Å²) in [5.41, 5.74) is 6.05. The summed E-state index contributed by atoms with van der Waals surface area (Å²) in [4.78, 5) is 15.9. The van der Waals surface area contributed by atoms with Crippen LogP contribution in [0.2, 0.25) is 5.02 Å². The molecule has 1 heterocycles. The molecule has 1 saturated carbocycles. The van der Waals surface area contributed by atoms with Gasteiger partial charge in [-0.25, -0.2) is 32.8 Å². The van der Waals surface area contributed by atoms with Crippen molar-refractivity contribution in [3.8, 4) is 22.6 Å². The molecule has 1 aliphatic carbocycles. The Balaban J connectivity index is 1.85. The zero-order chi connectivity index (χ0) is 24.6. The van der Waals surface area contributed by atoms with Crippen molar-refractivity contribution in [3.05, 3.63) is 59.2 Å². The number of oxazole rings is 1. The van der Waals surface area contributed by atoms with Gasteiger partial charge in [-0.05, 0) is 49.6 Å². The van der Waals surface area contributed by atoms with Crippen LogP contribution in [0.15, 0.2) is 51.8 Å². The highest BCUT2D eigenvalue weighted by Gasteiger charge is 2.33. The van der Waals surface area contributed by atoms with Crippen molar-refractivity contribution < 1.29 is 27.2 Å². The predicted octanol–water partition coefficient (Wildman–Crippen LogP) is 4.24. The molecule has 34 heavy (non-hydrogen) atoms. The smallest absolute Gasteiger partial charge is 0.338 e. The van der Waals surface area contributed by atoms with E-state index in [9.17, 15) is 22.8 Å². The zero-order valence-electron chi connectivity index (χ0n) is 17.8. The molecule has 0 spiro atoms. The van der Waals surface area contributed by atoms with E-state index in [1.165, 1.54) is 36.4 Å². The molecule has 1 fully saturated rings. The minimum absolute atomic E-state index is 0.125. The molecular weight excluding hydrogens is 487 g/mol. The summed E-state index contributed by atoms with van der Waals surface area (Å²) in [5, 5.41) is 15.8. The molecule has 2 amide bonds. The number of rotatable bonds is 5. The van der Waals surface area contributed by atoms with Crippen molar-refractivity contribution >= 4 is 27.7 Å². The molecule has 5 N–H and O–H groups in total. The van der Waals surface area contributed by atoms with Crippen molar-refractivity contribution in [2.45, 2.75) is 42.5 Å². The van der Waals surface area contributed by atoms with Gasteiger partial charge >= 0.3 is 6.03 Å². The largest absolute Gasteiger partial charge is 0.440 e. The summed E-state index contributed by atoms with van der Waals surface area (Å²) in [6.07, 6.45) is 2.21. The van der Waals surface area contributed by atoms with Crippen LogP contribution in [0.4, 0.5) is 9.18 Å². The fourth-order valence-corrected chi connectivity index (χ4v) is 5.14. The Morgan fingerprint density at radius 3 is 2.65 bits per heavy atom. The highest BCUT2D eigenvalue weighted by Crippen LogP contribution is 2.41. The van der Waals surface area contributed by atoms with E-state index in [2.05, 4.69) is 4.98 Å². The van der Waals surface area contributed by atoms with E-state index in [4.69, 9.17) is 26.9 Å². The molecule has 9 nitrogen and oxygen atoms in total. The number of carbonyl (C=O) groups is 1. The maximum absolute atomic E-state index is 13.8. The number of hydroxylamine groups is 2. The van der Waals surface area contributed by atoms with Gasteiger partial charge in [-0.1, -0.05) is 30.2 Å². The topological polar surface area (TPSA) is 153 Å². The third-order valence-electron chi connectivity index (χ3n) is 5.84. The molecule has 0 aliphatic heterocycles. The zero-order valence-corrected chi connectivity index (χ0v) is 19.4. The number of aromatic nitrogens is 1. The van der Waals surface area contributed by atoms with Crippen LogP contribution < -0.4 is 10.9 Å². The number of primary sulfonamides is 1. The van der Waals surface area contributed by atoms with Crippen molar-refractivity contribution in [2.75, 3.05) is 0 Å². The lowest BCUT2D eigenvalue weighted by molar-refractivity contribution is -0.0865. The number of hydrogen-bond donors (Lipinski definition) is 3. The average Bonchev–Trinajstić information content (AvgIpc) is 3.25. The molecule has 2 aromatic carbocycles. The monoisotopic (exact) mass is 508 g/mol. The van der Waals surface area contributed by atoms with Crippen molar-refractivity contribution in [1.29, 1.82) is 0 Å². The lowest BCUT2D eigenvalue weighted by Crippen LogP contribution is -2.43. The summed E-state index contributed by atoms with van der Waals surface area (Å²) in [6, 6.07) is 8.56. The summed E-state index contributed by atoms with van der Waals surface area (Å²) in [5.74, 6) is -0.513. The van der Waals surface area contributed by atoms with E-state index in [-0.39, 0.29) is 38.7 Å². The SMILES string of the molecule is NC(=O)N(O)C1CCCC(c2nc(-c3ccc(F)c(Cl)c3)c(-c3ccccc3S(N)(=O)=O)o2)C1. The maximum Gasteiger partial charge on any atom is 0.338 e. The van der Waals surface area contributed by atoms with Crippen molar-refractivity contribution in [2.24, 2.45) is 10.9 Å². The van der Waals surface area contributed by atoms with Gasteiger partial charge in [0.15, 0.2) is 11.7 Å². The number of urea groups is 1. The first-order valence-electron chi connectivity index (χ1n) is 10.4. The molecule has 2 unspecified atom stereocenters. The van der Waals surface area contributed by atoms with Gasteiger partial charge in [-0.2, -0.15) is 0 Å². The minimum Gasteiger partial charge on any atom is -0.440 e. The fraction of sp³-hybridized carbons (Fsp3) is 0.273. The fourth-order valence-electron chi connectivity index (χ4n) is 4.23. The van der Waals surface area contributed by atoms with E-state index in [0.29, 0.717) is 36.3 Å². The summed E-state index contributed by atoms with van der Waals surface area (Å²) < 4.78 is 44.4. The second-order valence-corrected chi connectivity index (χ2v) is 10.0. The molecule has 0 radical (unpaired) electrons. The second kappa shape index (κ2) is 9.34. The molecule has 2 atom stereocenters. The Kier molecular flexibility index (Phi) is 6.63. The van der Waals surface area contributed by atoms with Crippen molar-refractivity contribution in [3.63, 3.8) is 0 Å². The van der Waals surface area contributed by atoms with Gasteiger partial charge in [-0.3, -0.25) is 5.21 Å². The number of halogens is 2. The third-order valence-corrected chi connectivity index (χ3v) is 7.10. The minimum atomic E-state index is -4.11. The summed E-state index contributed by atoms with van der Waals surface area (Å²) in [7, 11) is -4.11. The number of carbonyl (C=O) groups excluding carboxylic acids is 1. The third kappa shape index (κ3) is 4.78. The van der Waals surface area contributed by atoms with Crippen LogP contribution in [-0.2, 0) is 10.0 Å². The quantitative estimate of drug-likeness (QED) is 0.346. The van der Waals surface area contributed by atoms with Crippen LogP contribution in [0.5, 0.6) is 0 Å². The van der Waals surface area contributed by atoms with Crippen LogP contribution in [0.25, 0.3) is 22.6 Å². The predicted molar refractivity (Wildman–Crippen MR) is 122 cm³/mol. The standard InChI is InChI=1S/C22H22ClFN4O5S/c23-16-11-12(8-9-17(16)24)19-20(15-6-1-2-7-18(15)34(26,31)32)33-21(27-19)13-4-3-5-14(10-13)28(30)22(25)29/h1-2,6-9,11,13-14,30H,3-5,10H2,(H2,25,29)(H2,26,31,32). The van der Waals surface area contributed by atoms with Crippen LogP contribution in [-0.4, -0.2) is 35.7 Å². The highest BCUT2D eigenvalue weighted by molar-refractivity contribution is 7.89. The van der Waals surface area contributed by atoms with Gasteiger partial charge in [0.25, 0.3) is 0 Å². The first-order valence-corrected chi connectivity index (χ1v) is 12.3. The Bertz CT molecular complexity index is 1350. The van der Waals surface area contributed by atoms with Gasteiger partial charge in [0.2, 0.25) is 10.0 Å². The van der Waals surface area contributed by atoms with Crippen LogP contribution >= 0.6 is 11.6 Å². The Labute approximate surface area is 200 Å². The summed E-state index contributed by atoms with van der Waals surface area (Å²) in [6.45, 7) is 0. The summed E-state index contributed by atoms with van der Waals surface area (Å²) >= 11 is 5.98. The molecule has 3 aromatic rings. The van der Waals surface area contributed by atoms with E-state index in [1.54, 1.807) is 6.07 Å². The maximum atomic E-state index is 13.8. The molecule has 0 saturated heterocycles. The average molecular weight is 509 g/mol. The molecule has 12 heteroatoms. The highest BCUT2D eigenvalue weighted by atomic mass is 35.5. The van der Waals surface area contributed by atoms with E-state index in [1.807, 2.05) is 0 Å². The second-order valence-electron chi connectivity index (χ2n) is 8.10. The lowest BCUT2D eigenvalue weighted by Gasteiger charge is -2.31. The molecule has 0 bridgehead atoms. The number of benzene rings is 2. The molecule has 180 valence electrons. The van der Waals surface area contributed by atoms with Gasteiger partial charge in [-0.15, -0.1) is 0 Å². The van der Waals surface area contributed by atoms with E-state index < -0.39 is 27.9 Å². The number of primary amides is 1. The van der Waals surface area contributed by atoms with Gasteiger partial charge in [0.1, 0.15) is 11.5 Å². The van der Waals surface area contributed by atoms with E-state index in [0.717, 1.165) is 0 Å². The Morgan fingerprint density at radius 2 is 1.97 bits per heavy atom. The molecule has 1 aliphatic rings. The number of nitrogens with zero attached hydrogens (tertiary/aromatic N) is 2. The molecular formula is C22H22ClFN4O5S. The Hall–Kier alpha value is -2.99. The van der Waals surface area contributed by atoms with Gasteiger partial charge in [0.05, 0.1) is 16.0 Å². The van der Waals surface area contributed by atoms with Crippen LogP contribution in [0.3, 0.4) is 0 Å². The number of amides is 2. The lowest BCUT2D eigenvalue weighted by atomic mass is 9.85. The van der Waals surface area contributed by atoms with Crippen LogP contribution in [0.1, 0.15) is 37.5 Å². The number of sulfonamides is 1. The first-order chi connectivity index (χ1) is 16.1. The number of hydrogen-bond acceptors (Lipinski definition) is 6. The molecule has 4 rings (SSSR count).